The SMILES string of the molecule is COC[C@@H]1C[C@@H](NC(=O)c2ncc(-c3cc(C#N)ccc3OC3CC3)o2)CN1C(=O)OC(C)(C)C. The van der Waals surface area contributed by atoms with Gasteiger partial charge in [0.1, 0.15) is 11.4 Å². The zero-order valence-corrected chi connectivity index (χ0v) is 20.4. The number of likely N-dealkylation sites (tertiary alicyclic amines) is 1. The molecule has 1 aromatic heterocycles. The predicted octanol–water partition coefficient (Wildman–Crippen LogP) is 3.51. The number of carbonyl (C=O) groups excluding carboxylic acids is 2. The van der Waals surface area contributed by atoms with Crippen molar-refractivity contribution in [2.24, 2.45) is 0 Å². The van der Waals surface area contributed by atoms with E-state index in [0.717, 1.165) is 12.8 Å². The molecule has 0 spiro atoms. The van der Waals surface area contributed by atoms with Gasteiger partial charge in [-0.05, 0) is 58.2 Å². The van der Waals surface area contributed by atoms with Crippen molar-refractivity contribution in [2.45, 2.75) is 63.8 Å². The Hall–Kier alpha value is -3.58. The Bertz CT molecular complexity index is 1130. The minimum absolute atomic E-state index is 0.112. The standard InChI is InChI=1S/C25H30N4O6/c1-25(2,3)35-24(31)29-13-16(10-17(29)14-32-4)28-22(30)23-27-12-21(34-23)19-9-15(11-26)5-8-20(19)33-18-6-7-18/h5,8-9,12,16-18H,6-7,10,13-14H2,1-4H3,(H,28,30)/t16-,17+/m1/s1. The first-order valence-electron chi connectivity index (χ1n) is 11.6. The van der Waals surface area contributed by atoms with Crippen LogP contribution in [0.3, 0.4) is 0 Å². The molecule has 0 unspecified atom stereocenters. The monoisotopic (exact) mass is 482 g/mol. The highest BCUT2D eigenvalue weighted by molar-refractivity contribution is 5.90. The molecule has 4 rings (SSSR count). The second-order valence-electron chi connectivity index (χ2n) is 9.82. The molecule has 1 saturated heterocycles. The smallest absolute Gasteiger partial charge is 0.410 e. The molecule has 1 aliphatic carbocycles. The number of hydrogen-bond acceptors (Lipinski definition) is 8. The number of carbonyl (C=O) groups is 2. The summed E-state index contributed by atoms with van der Waals surface area (Å²) in [5, 5.41) is 12.2. The number of rotatable bonds is 7. The summed E-state index contributed by atoms with van der Waals surface area (Å²) in [6.45, 7) is 6.02. The van der Waals surface area contributed by atoms with Gasteiger partial charge in [0.05, 0.1) is 42.1 Å². The summed E-state index contributed by atoms with van der Waals surface area (Å²) in [7, 11) is 1.57. The third kappa shape index (κ3) is 6.11. The van der Waals surface area contributed by atoms with Crippen molar-refractivity contribution in [1.82, 2.24) is 15.2 Å². The average molecular weight is 483 g/mol. The van der Waals surface area contributed by atoms with E-state index in [1.807, 2.05) is 0 Å². The average Bonchev–Trinajstić information content (AvgIpc) is 3.31. The van der Waals surface area contributed by atoms with E-state index in [2.05, 4.69) is 16.4 Å². The highest BCUT2D eigenvalue weighted by Crippen LogP contribution is 2.36. The maximum Gasteiger partial charge on any atom is 0.410 e. The molecule has 2 heterocycles. The lowest BCUT2D eigenvalue weighted by atomic mass is 10.1. The number of oxazole rings is 1. The number of methoxy groups -OCH3 is 1. The molecular formula is C25H30N4O6. The van der Waals surface area contributed by atoms with Gasteiger partial charge in [-0.25, -0.2) is 9.78 Å². The van der Waals surface area contributed by atoms with E-state index >= 15 is 0 Å². The van der Waals surface area contributed by atoms with Gasteiger partial charge in [0, 0.05) is 19.7 Å². The molecule has 2 atom stereocenters. The lowest BCUT2D eigenvalue weighted by Gasteiger charge is -2.28. The molecular weight excluding hydrogens is 452 g/mol. The Morgan fingerprint density at radius 2 is 2.09 bits per heavy atom. The number of nitrogens with one attached hydrogen (secondary N) is 1. The molecule has 2 amide bonds. The number of hydrogen-bond donors (Lipinski definition) is 1. The van der Waals surface area contributed by atoms with Gasteiger partial charge in [-0.2, -0.15) is 5.26 Å². The predicted molar refractivity (Wildman–Crippen MR) is 125 cm³/mol. The molecule has 0 bridgehead atoms. The number of aromatic nitrogens is 1. The van der Waals surface area contributed by atoms with Crippen LogP contribution >= 0.6 is 0 Å². The number of amides is 2. The summed E-state index contributed by atoms with van der Waals surface area (Å²) in [5.74, 6) is 0.311. The summed E-state index contributed by atoms with van der Waals surface area (Å²) in [5.41, 5.74) is 0.387. The topological polar surface area (TPSA) is 127 Å². The minimum atomic E-state index is -0.630. The van der Waals surface area contributed by atoms with Crippen molar-refractivity contribution in [2.75, 3.05) is 20.3 Å². The van der Waals surface area contributed by atoms with E-state index in [0.29, 0.717) is 35.7 Å². The van der Waals surface area contributed by atoms with Crippen LogP contribution in [0, 0.1) is 11.3 Å². The number of nitriles is 1. The maximum absolute atomic E-state index is 12.9. The van der Waals surface area contributed by atoms with Crippen molar-refractivity contribution < 1.29 is 28.2 Å². The van der Waals surface area contributed by atoms with E-state index in [-0.39, 0.29) is 30.6 Å². The van der Waals surface area contributed by atoms with Crippen molar-refractivity contribution in [1.29, 1.82) is 5.26 Å². The summed E-state index contributed by atoms with van der Waals surface area (Å²) >= 11 is 0. The molecule has 1 saturated carbocycles. The molecule has 186 valence electrons. The normalized spacial score (nSPS) is 19.8. The van der Waals surface area contributed by atoms with Crippen molar-refractivity contribution >= 4 is 12.0 Å². The molecule has 1 N–H and O–H groups in total. The highest BCUT2D eigenvalue weighted by atomic mass is 16.6. The van der Waals surface area contributed by atoms with Gasteiger partial charge in [-0.1, -0.05) is 0 Å². The zero-order chi connectivity index (χ0) is 25.2. The van der Waals surface area contributed by atoms with Crippen LogP contribution < -0.4 is 10.1 Å². The Kier molecular flexibility index (Phi) is 6.98. The number of nitrogens with zero attached hydrogens (tertiary/aromatic N) is 3. The Balaban J connectivity index is 1.46. The molecule has 0 radical (unpaired) electrons. The lowest BCUT2D eigenvalue weighted by molar-refractivity contribution is 0.0146. The van der Waals surface area contributed by atoms with Crippen LogP contribution in [0.5, 0.6) is 5.75 Å². The third-order valence-corrected chi connectivity index (χ3v) is 5.63. The van der Waals surface area contributed by atoms with Crippen LogP contribution in [-0.2, 0) is 9.47 Å². The molecule has 2 aliphatic rings. The Labute approximate surface area is 204 Å². The first kappa shape index (κ1) is 24.5. The second kappa shape index (κ2) is 9.96. The first-order valence-corrected chi connectivity index (χ1v) is 11.6. The Morgan fingerprint density at radius 1 is 1.31 bits per heavy atom. The van der Waals surface area contributed by atoms with E-state index < -0.39 is 17.6 Å². The Morgan fingerprint density at radius 3 is 2.74 bits per heavy atom. The fourth-order valence-electron chi connectivity index (χ4n) is 3.93. The molecule has 1 aliphatic heterocycles. The van der Waals surface area contributed by atoms with Gasteiger partial charge in [0.15, 0.2) is 5.76 Å². The fraction of sp³-hybridized carbons (Fsp3) is 0.520. The van der Waals surface area contributed by atoms with Crippen molar-refractivity contribution in [3.63, 3.8) is 0 Å². The summed E-state index contributed by atoms with van der Waals surface area (Å²) in [6, 6.07) is 6.63. The molecule has 10 nitrogen and oxygen atoms in total. The van der Waals surface area contributed by atoms with Gasteiger partial charge >= 0.3 is 12.0 Å². The van der Waals surface area contributed by atoms with Crippen LogP contribution in [0.25, 0.3) is 11.3 Å². The molecule has 2 fully saturated rings. The van der Waals surface area contributed by atoms with Gasteiger partial charge in [-0.3, -0.25) is 4.79 Å². The molecule has 1 aromatic carbocycles. The minimum Gasteiger partial charge on any atom is -0.490 e. The third-order valence-electron chi connectivity index (χ3n) is 5.63. The van der Waals surface area contributed by atoms with Crippen LogP contribution in [0.1, 0.15) is 56.3 Å². The van der Waals surface area contributed by atoms with Gasteiger partial charge in [0.2, 0.25) is 0 Å². The summed E-state index contributed by atoms with van der Waals surface area (Å²) in [6.07, 6.45) is 3.62. The maximum atomic E-state index is 12.9. The number of benzene rings is 1. The van der Waals surface area contributed by atoms with Gasteiger partial charge in [-0.15, -0.1) is 0 Å². The second-order valence-corrected chi connectivity index (χ2v) is 9.82. The molecule has 10 heteroatoms. The highest BCUT2D eigenvalue weighted by Gasteiger charge is 2.38. The van der Waals surface area contributed by atoms with E-state index in [4.69, 9.17) is 18.6 Å². The van der Waals surface area contributed by atoms with Crippen molar-refractivity contribution in [3.05, 3.63) is 35.9 Å². The van der Waals surface area contributed by atoms with Crippen LogP contribution in [0.4, 0.5) is 4.79 Å². The van der Waals surface area contributed by atoms with Crippen LogP contribution in [0.15, 0.2) is 28.8 Å². The van der Waals surface area contributed by atoms with Crippen LogP contribution in [0.2, 0.25) is 0 Å². The molecule has 35 heavy (non-hydrogen) atoms. The fourth-order valence-corrected chi connectivity index (χ4v) is 3.93. The van der Waals surface area contributed by atoms with E-state index in [9.17, 15) is 14.9 Å². The van der Waals surface area contributed by atoms with Gasteiger partial charge in [0.25, 0.3) is 5.89 Å². The lowest BCUT2D eigenvalue weighted by Crippen LogP contribution is -2.43. The zero-order valence-electron chi connectivity index (χ0n) is 20.4. The first-order chi connectivity index (χ1) is 16.7. The summed E-state index contributed by atoms with van der Waals surface area (Å²) in [4.78, 5) is 31.3. The van der Waals surface area contributed by atoms with Gasteiger partial charge < -0.3 is 28.8 Å². The number of ether oxygens (including phenoxy) is 3. The van der Waals surface area contributed by atoms with E-state index in [1.54, 1.807) is 51.0 Å². The largest absolute Gasteiger partial charge is 0.490 e. The summed E-state index contributed by atoms with van der Waals surface area (Å²) < 4.78 is 22.5. The quantitative estimate of drug-likeness (QED) is 0.635. The molecule has 2 aromatic rings. The van der Waals surface area contributed by atoms with Crippen LogP contribution in [-0.4, -0.2) is 65.9 Å². The van der Waals surface area contributed by atoms with Crippen molar-refractivity contribution in [3.8, 4) is 23.1 Å². The van der Waals surface area contributed by atoms with E-state index in [1.165, 1.54) is 6.20 Å².